The van der Waals surface area contributed by atoms with Crippen LogP contribution in [0.1, 0.15) is 58.3 Å². The van der Waals surface area contributed by atoms with E-state index in [1.54, 1.807) is 7.05 Å². The van der Waals surface area contributed by atoms with Crippen LogP contribution in [0.25, 0.3) is 0 Å². The van der Waals surface area contributed by atoms with E-state index in [0.29, 0.717) is 0 Å². The second kappa shape index (κ2) is 10.3. The van der Waals surface area contributed by atoms with Gasteiger partial charge in [-0.15, -0.1) is 11.6 Å². The number of carbonyl (C=O) groups excluding carboxylic acids is 1. The zero-order chi connectivity index (χ0) is 11.5. The topological polar surface area (TPSA) is 29.1 Å². The number of alkyl halides is 1. The Morgan fingerprint density at radius 1 is 1.13 bits per heavy atom. The third kappa shape index (κ3) is 8.73. The highest BCUT2D eigenvalue weighted by molar-refractivity contribution is 6.30. The van der Waals surface area contributed by atoms with Gasteiger partial charge in [-0.05, 0) is 6.42 Å². The lowest BCUT2D eigenvalue weighted by Crippen LogP contribution is -2.27. The van der Waals surface area contributed by atoms with E-state index in [2.05, 4.69) is 12.2 Å². The van der Waals surface area contributed by atoms with Gasteiger partial charge in [0, 0.05) is 7.05 Å². The lowest BCUT2D eigenvalue weighted by Gasteiger charge is -2.07. The van der Waals surface area contributed by atoms with E-state index >= 15 is 0 Å². The molecule has 0 fully saturated rings. The van der Waals surface area contributed by atoms with Crippen molar-refractivity contribution in [1.29, 1.82) is 0 Å². The zero-order valence-corrected chi connectivity index (χ0v) is 10.8. The smallest absolute Gasteiger partial charge is 0.237 e. The molecule has 0 heterocycles. The average molecular weight is 234 g/mol. The van der Waals surface area contributed by atoms with Crippen molar-refractivity contribution in [2.75, 3.05) is 7.05 Å². The molecule has 1 N–H and O–H groups in total. The van der Waals surface area contributed by atoms with Crippen LogP contribution in [-0.4, -0.2) is 18.3 Å². The summed E-state index contributed by atoms with van der Waals surface area (Å²) in [4.78, 5) is 11.1. The maximum Gasteiger partial charge on any atom is 0.237 e. The van der Waals surface area contributed by atoms with Crippen molar-refractivity contribution in [2.24, 2.45) is 0 Å². The molecule has 0 aliphatic heterocycles. The van der Waals surface area contributed by atoms with Crippen LogP contribution in [0.15, 0.2) is 0 Å². The Morgan fingerprint density at radius 2 is 1.67 bits per heavy atom. The molecule has 0 aromatic carbocycles. The summed E-state index contributed by atoms with van der Waals surface area (Å²) in [6, 6.07) is 0. The van der Waals surface area contributed by atoms with Gasteiger partial charge in [0.1, 0.15) is 5.38 Å². The second-order valence-electron chi connectivity index (χ2n) is 3.99. The fraction of sp³-hybridized carbons (Fsp3) is 0.917. The highest BCUT2D eigenvalue weighted by atomic mass is 35.5. The van der Waals surface area contributed by atoms with Crippen LogP contribution in [-0.2, 0) is 4.79 Å². The van der Waals surface area contributed by atoms with E-state index in [4.69, 9.17) is 11.6 Å². The largest absolute Gasteiger partial charge is 0.358 e. The van der Waals surface area contributed by atoms with Gasteiger partial charge in [-0.1, -0.05) is 51.9 Å². The zero-order valence-electron chi connectivity index (χ0n) is 10.0. The first-order valence-electron chi connectivity index (χ1n) is 6.08. The number of nitrogens with one attached hydrogen (secondary N) is 1. The van der Waals surface area contributed by atoms with Gasteiger partial charge in [-0.25, -0.2) is 0 Å². The maximum atomic E-state index is 11.1. The standard InChI is InChI=1S/C12H24ClNO/c1-3-4-5-6-7-8-9-10-11(13)12(15)14-2/h11H,3-10H2,1-2H3,(H,14,15). The molecule has 0 rings (SSSR count). The molecule has 2 nitrogen and oxygen atoms in total. The predicted octanol–water partition coefficient (Wildman–Crippen LogP) is 3.48. The van der Waals surface area contributed by atoms with E-state index < -0.39 is 0 Å². The number of unbranched alkanes of at least 4 members (excludes halogenated alkanes) is 6. The van der Waals surface area contributed by atoms with E-state index in [9.17, 15) is 4.79 Å². The fourth-order valence-corrected chi connectivity index (χ4v) is 1.83. The van der Waals surface area contributed by atoms with Crippen molar-refractivity contribution in [2.45, 2.75) is 63.7 Å². The Morgan fingerprint density at radius 3 is 2.20 bits per heavy atom. The molecular formula is C12H24ClNO. The number of hydrogen-bond donors (Lipinski definition) is 1. The summed E-state index contributed by atoms with van der Waals surface area (Å²) in [6.45, 7) is 2.22. The molecular weight excluding hydrogens is 210 g/mol. The fourth-order valence-electron chi connectivity index (χ4n) is 1.57. The Balaban J connectivity index is 3.20. The van der Waals surface area contributed by atoms with Gasteiger partial charge in [-0.3, -0.25) is 4.79 Å². The van der Waals surface area contributed by atoms with Crippen LogP contribution >= 0.6 is 11.6 Å². The molecule has 90 valence electrons. The van der Waals surface area contributed by atoms with Crippen molar-refractivity contribution < 1.29 is 4.79 Å². The Bertz CT molecular complexity index is 162. The van der Waals surface area contributed by atoms with E-state index in [1.165, 1.54) is 38.5 Å². The molecule has 0 radical (unpaired) electrons. The van der Waals surface area contributed by atoms with Gasteiger partial charge < -0.3 is 5.32 Å². The van der Waals surface area contributed by atoms with Crippen molar-refractivity contribution in [3.8, 4) is 0 Å². The second-order valence-corrected chi connectivity index (χ2v) is 4.52. The minimum atomic E-state index is -0.342. The van der Waals surface area contributed by atoms with Crippen molar-refractivity contribution in [1.82, 2.24) is 5.32 Å². The van der Waals surface area contributed by atoms with Crippen molar-refractivity contribution >= 4 is 17.5 Å². The summed E-state index contributed by atoms with van der Waals surface area (Å²) in [6.07, 6.45) is 9.64. The Labute approximate surface area is 98.8 Å². The molecule has 0 aliphatic carbocycles. The molecule has 0 aromatic heterocycles. The summed E-state index contributed by atoms with van der Waals surface area (Å²) < 4.78 is 0. The monoisotopic (exact) mass is 233 g/mol. The molecule has 0 spiro atoms. The molecule has 1 unspecified atom stereocenters. The number of hydrogen-bond acceptors (Lipinski definition) is 1. The summed E-state index contributed by atoms with van der Waals surface area (Å²) in [5.41, 5.74) is 0. The van der Waals surface area contributed by atoms with Crippen LogP contribution in [0, 0.1) is 0 Å². The summed E-state index contributed by atoms with van der Waals surface area (Å²) >= 11 is 5.88. The van der Waals surface area contributed by atoms with Gasteiger partial charge in [0.2, 0.25) is 5.91 Å². The van der Waals surface area contributed by atoms with Crippen LogP contribution in [0.4, 0.5) is 0 Å². The minimum absolute atomic E-state index is 0.0531. The number of amides is 1. The Hall–Kier alpha value is -0.240. The van der Waals surface area contributed by atoms with Crippen LogP contribution in [0.3, 0.4) is 0 Å². The molecule has 1 atom stereocenters. The first kappa shape index (κ1) is 14.8. The summed E-state index contributed by atoms with van der Waals surface area (Å²) in [5, 5.41) is 2.22. The third-order valence-electron chi connectivity index (χ3n) is 2.59. The van der Waals surface area contributed by atoms with E-state index in [-0.39, 0.29) is 11.3 Å². The number of halogens is 1. The quantitative estimate of drug-likeness (QED) is 0.480. The minimum Gasteiger partial charge on any atom is -0.358 e. The number of rotatable bonds is 9. The lowest BCUT2D eigenvalue weighted by atomic mass is 10.1. The van der Waals surface area contributed by atoms with Crippen molar-refractivity contribution in [3.63, 3.8) is 0 Å². The van der Waals surface area contributed by atoms with E-state index in [1.807, 2.05) is 0 Å². The predicted molar refractivity (Wildman–Crippen MR) is 66.3 cm³/mol. The van der Waals surface area contributed by atoms with E-state index in [0.717, 1.165) is 12.8 Å². The van der Waals surface area contributed by atoms with Gasteiger partial charge in [0.05, 0.1) is 0 Å². The maximum absolute atomic E-state index is 11.1. The van der Waals surface area contributed by atoms with Gasteiger partial charge in [0.25, 0.3) is 0 Å². The molecule has 0 aromatic rings. The first-order valence-corrected chi connectivity index (χ1v) is 6.51. The molecule has 15 heavy (non-hydrogen) atoms. The van der Waals surface area contributed by atoms with Crippen molar-refractivity contribution in [3.05, 3.63) is 0 Å². The van der Waals surface area contributed by atoms with Gasteiger partial charge in [0.15, 0.2) is 0 Å². The molecule has 1 amide bonds. The molecule has 0 aliphatic rings. The lowest BCUT2D eigenvalue weighted by molar-refractivity contribution is -0.120. The van der Waals surface area contributed by atoms with Crippen LogP contribution in [0.2, 0.25) is 0 Å². The number of carbonyl (C=O) groups is 1. The molecule has 0 bridgehead atoms. The molecule has 0 saturated carbocycles. The Kier molecular flexibility index (Phi) is 10.1. The normalized spacial score (nSPS) is 12.5. The SMILES string of the molecule is CCCCCCCCCC(Cl)C(=O)NC. The summed E-state index contributed by atoms with van der Waals surface area (Å²) in [5.74, 6) is -0.0531. The first-order chi connectivity index (χ1) is 7.22. The average Bonchev–Trinajstić information content (AvgIpc) is 2.26. The van der Waals surface area contributed by atoms with Crippen LogP contribution in [0.5, 0.6) is 0 Å². The molecule has 0 saturated heterocycles. The highest BCUT2D eigenvalue weighted by Crippen LogP contribution is 2.12. The van der Waals surface area contributed by atoms with Gasteiger partial charge in [-0.2, -0.15) is 0 Å². The third-order valence-corrected chi connectivity index (χ3v) is 3.01. The highest BCUT2D eigenvalue weighted by Gasteiger charge is 2.11. The molecule has 3 heteroatoms. The van der Waals surface area contributed by atoms with Gasteiger partial charge >= 0.3 is 0 Å². The summed E-state index contributed by atoms with van der Waals surface area (Å²) in [7, 11) is 1.63. The van der Waals surface area contributed by atoms with Crippen LogP contribution < -0.4 is 5.32 Å².